The quantitative estimate of drug-likeness (QED) is 0.429. The first kappa shape index (κ1) is 28.6. The van der Waals surface area contributed by atoms with Crippen molar-refractivity contribution in [1.29, 1.82) is 0 Å². The number of amides is 1. The summed E-state index contributed by atoms with van der Waals surface area (Å²) in [4.78, 5) is 50.2. The Morgan fingerprint density at radius 2 is 1.77 bits per heavy atom. The lowest BCUT2D eigenvalue weighted by Gasteiger charge is -2.20. The zero-order valence-electron chi connectivity index (χ0n) is 23.1. The molecular formula is C30H32N2O8. The topological polar surface area (TPSA) is 133 Å². The zero-order chi connectivity index (χ0) is 29.2. The largest absolute Gasteiger partial charge is 0.506 e. The number of carbonyl (C=O) groups excluding carboxylic acids is 3. The summed E-state index contributed by atoms with van der Waals surface area (Å²) in [5.41, 5.74) is 3.00. The van der Waals surface area contributed by atoms with Gasteiger partial charge in [0.2, 0.25) is 0 Å². The number of esters is 2. The molecule has 10 heteroatoms. The van der Waals surface area contributed by atoms with E-state index in [0.29, 0.717) is 16.8 Å². The molecule has 1 aliphatic rings. The number of methoxy groups -OCH3 is 1. The van der Waals surface area contributed by atoms with E-state index in [4.69, 9.17) is 14.2 Å². The van der Waals surface area contributed by atoms with Gasteiger partial charge < -0.3 is 29.2 Å². The Labute approximate surface area is 231 Å². The second-order valence-electron chi connectivity index (χ2n) is 10.5. The summed E-state index contributed by atoms with van der Waals surface area (Å²) in [6, 6.07) is 12.9. The second kappa shape index (κ2) is 11.4. The van der Waals surface area contributed by atoms with E-state index in [0.717, 1.165) is 22.3 Å². The predicted octanol–water partition coefficient (Wildman–Crippen LogP) is 3.47. The second-order valence-corrected chi connectivity index (χ2v) is 10.5. The Balaban J connectivity index is 1.59. The van der Waals surface area contributed by atoms with Crippen LogP contribution in [0.3, 0.4) is 0 Å². The molecule has 0 fully saturated rings. The molecule has 2 aromatic carbocycles. The molecule has 40 heavy (non-hydrogen) atoms. The van der Waals surface area contributed by atoms with Crippen LogP contribution in [0.15, 0.2) is 47.3 Å². The van der Waals surface area contributed by atoms with Crippen molar-refractivity contribution in [3.63, 3.8) is 0 Å². The smallest absolute Gasteiger partial charge is 0.337 e. The van der Waals surface area contributed by atoms with Gasteiger partial charge >= 0.3 is 11.9 Å². The highest BCUT2D eigenvalue weighted by molar-refractivity contribution is 5.98. The highest BCUT2D eigenvalue weighted by Crippen LogP contribution is 2.31. The van der Waals surface area contributed by atoms with Gasteiger partial charge in [0.1, 0.15) is 23.5 Å². The molecule has 1 amide bonds. The molecule has 0 spiro atoms. The highest BCUT2D eigenvalue weighted by Gasteiger charge is 2.29. The predicted molar refractivity (Wildman–Crippen MR) is 146 cm³/mol. The molecule has 1 aromatic heterocycles. The zero-order valence-corrected chi connectivity index (χ0v) is 23.1. The van der Waals surface area contributed by atoms with Gasteiger partial charge in [-0.05, 0) is 62.1 Å². The Morgan fingerprint density at radius 3 is 2.40 bits per heavy atom. The van der Waals surface area contributed by atoms with E-state index in [1.807, 2.05) is 37.3 Å². The number of aromatic hydroxyl groups is 1. The molecular weight excluding hydrogens is 516 g/mol. The van der Waals surface area contributed by atoms with Crippen LogP contribution in [0.4, 0.5) is 0 Å². The lowest BCUT2D eigenvalue weighted by atomic mass is 9.97. The molecule has 0 unspecified atom stereocenters. The van der Waals surface area contributed by atoms with Gasteiger partial charge in [-0.15, -0.1) is 0 Å². The molecule has 2 N–H and O–H groups in total. The SMILES string of the molecule is COC(=O)c1ccc(-c2ccc(Cn3c4c(c(O)c(C(=O)NCC(=O)OC(C)(C)C)c3=O)COC4)cc2)c(C)c1. The molecule has 210 valence electrons. The summed E-state index contributed by atoms with van der Waals surface area (Å²) < 4.78 is 16.9. The van der Waals surface area contributed by atoms with Crippen molar-refractivity contribution in [2.24, 2.45) is 0 Å². The maximum absolute atomic E-state index is 13.4. The van der Waals surface area contributed by atoms with Crippen LogP contribution in [0, 0.1) is 6.92 Å². The fraction of sp³-hybridized carbons (Fsp3) is 0.333. The molecule has 2 heterocycles. The van der Waals surface area contributed by atoms with Crippen LogP contribution in [-0.4, -0.2) is 46.8 Å². The first-order valence-electron chi connectivity index (χ1n) is 12.7. The lowest BCUT2D eigenvalue weighted by molar-refractivity contribution is -0.153. The van der Waals surface area contributed by atoms with Crippen LogP contribution < -0.4 is 10.9 Å². The van der Waals surface area contributed by atoms with Gasteiger partial charge in [-0.25, -0.2) is 4.79 Å². The van der Waals surface area contributed by atoms with Crippen molar-refractivity contribution in [2.75, 3.05) is 13.7 Å². The minimum absolute atomic E-state index is 0.0492. The number of hydrogen-bond acceptors (Lipinski definition) is 8. The standard InChI is InChI=1S/C30H32N2O8/c1-17-12-20(29(37)38-5)10-11-21(17)19-8-6-18(7-9-19)14-32-23-16-39-15-22(23)26(34)25(28(32)36)27(35)31-13-24(33)40-30(2,3)4/h6-12,34H,13-16H2,1-5H3,(H,31,35). The third kappa shape index (κ3) is 6.07. The first-order chi connectivity index (χ1) is 18.9. The minimum Gasteiger partial charge on any atom is -0.506 e. The van der Waals surface area contributed by atoms with Crippen LogP contribution in [0.5, 0.6) is 5.75 Å². The molecule has 4 rings (SSSR count). The Kier molecular flexibility index (Phi) is 8.11. The van der Waals surface area contributed by atoms with Crippen molar-refractivity contribution in [3.05, 3.63) is 86.3 Å². The van der Waals surface area contributed by atoms with Gasteiger partial charge in [-0.2, -0.15) is 0 Å². The Hall–Kier alpha value is -4.44. The maximum atomic E-state index is 13.4. The normalized spacial score (nSPS) is 12.5. The van der Waals surface area contributed by atoms with E-state index < -0.39 is 46.9 Å². The van der Waals surface area contributed by atoms with Gasteiger partial charge in [0.05, 0.1) is 38.1 Å². The van der Waals surface area contributed by atoms with E-state index in [9.17, 15) is 24.3 Å². The average molecular weight is 549 g/mol. The van der Waals surface area contributed by atoms with Gasteiger partial charge in [0, 0.05) is 5.56 Å². The maximum Gasteiger partial charge on any atom is 0.337 e. The third-order valence-electron chi connectivity index (χ3n) is 6.43. The van der Waals surface area contributed by atoms with Gasteiger partial charge in [0.25, 0.3) is 11.5 Å². The third-order valence-corrected chi connectivity index (χ3v) is 6.43. The highest BCUT2D eigenvalue weighted by atomic mass is 16.6. The Morgan fingerprint density at radius 1 is 1.07 bits per heavy atom. The molecule has 0 bridgehead atoms. The summed E-state index contributed by atoms with van der Waals surface area (Å²) in [5.74, 6) is -2.39. The van der Waals surface area contributed by atoms with E-state index in [-0.39, 0.29) is 19.8 Å². The van der Waals surface area contributed by atoms with E-state index in [2.05, 4.69) is 5.32 Å². The number of aryl methyl sites for hydroxylation is 1. The number of carbonyl (C=O) groups is 3. The van der Waals surface area contributed by atoms with Gasteiger partial charge in [-0.1, -0.05) is 30.3 Å². The summed E-state index contributed by atoms with van der Waals surface area (Å²) in [6.07, 6.45) is 0. The molecule has 0 saturated carbocycles. The van der Waals surface area contributed by atoms with E-state index in [1.165, 1.54) is 11.7 Å². The van der Waals surface area contributed by atoms with Gasteiger partial charge in [-0.3, -0.25) is 14.4 Å². The van der Waals surface area contributed by atoms with Crippen molar-refractivity contribution in [3.8, 4) is 16.9 Å². The molecule has 0 saturated heterocycles. The van der Waals surface area contributed by atoms with Gasteiger partial charge in [0.15, 0.2) is 0 Å². The van der Waals surface area contributed by atoms with Crippen LogP contribution in [0.25, 0.3) is 11.1 Å². The number of nitrogens with zero attached hydrogens (tertiary/aromatic N) is 1. The number of aromatic nitrogens is 1. The molecule has 0 radical (unpaired) electrons. The summed E-state index contributed by atoms with van der Waals surface area (Å²) >= 11 is 0. The van der Waals surface area contributed by atoms with Crippen LogP contribution >= 0.6 is 0 Å². The molecule has 1 aliphatic heterocycles. The number of rotatable bonds is 7. The average Bonchev–Trinajstić information content (AvgIpc) is 3.39. The number of benzene rings is 2. The fourth-order valence-corrected chi connectivity index (χ4v) is 4.57. The molecule has 0 atom stereocenters. The number of hydrogen-bond donors (Lipinski definition) is 2. The summed E-state index contributed by atoms with van der Waals surface area (Å²) in [7, 11) is 1.34. The number of fused-ring (bicyclic) bond motifs is 1. The van der Waals surface area contributed by atoms with Crippen LogP contribution in [0.2, 0.25) is 0 Å². The monoisotopic (exact) mass is 548 g/mol. The molecule has 10 nitrogen and oxygen atoms in total. The number of ether oxygens (including phenoxy) is 3. The van der Waals surface area contributed by atoms with Crippen LogP contribution in [-0.2, 0) is 38.8 Å². The Bertz CT molecular complexity index is 1530. The first-order valence-corrected chi connectivity index (χ1v) is 12.7. The van der Waals surface area contributed by atoms with E-state index in [1.54, 1.807) is 32.9 Å². The summed E-state index contributed by atoms with van der Waals surface area (Å²) in [5, 5.41) is 13.1. The van der Waals surface area contributed by atoms with Crippen molar-refractivity contribution in [2.45, 2.75) is 53.1 Å². The summed E-state index contributed by atoms with van der Waals surface area (Å²) in [6.45, 7) is 6.85. The van der Waals surface area contributed by atoms with Crippen molar-refractivity contribution >= 4 is 17.8 Å². The number of nitrogens with one attached hydrogen (secondary N) is 1. The fourth-order valence-electron chi connectivity index (χ4n) is 4.57. The van der Waals surface area contributed by atoms with Crippen molar-refractivity contribution < 1.29 is 33.7 Å². The lowest BCUT2D eigenvalue weighted by Crippen LogP contribution is -2.38. The molecule has 0 aliphatic carbocycles. The number of pyridine rings is 1. The minimum atomic E-state index is -0.877. The van der Waals surface area contributed by atoms with Crippen molar-refractivity contribution in [1.82, 2.24) is 9.88 Å². The van der Waals surface area contributed by atoms with Crippen LogP contribution in [0.1, 0.15) is 63.9 Å². The molecule has 3 aromatic rings. The van der Waals surface area contributed by atoms with E-state index >= 15 is 0 Å².